The first kappa shape index (κ1) is 17.4. The number of carbonyl (C=O) groups is 2. The zero-order valence-electron chi connectivity index (χ0n) is 13.7. The Bertz CT molecular complexity index is 544. The molecule has 0 heterocycles. The zero-order chi connectivity index (χ0) is 16.8. The van der Waals surface area contributed by atoms with Crippen LogP contribution in [0.3, 0.4) is 0 Å². The molecule has 0 aliphatic heterocycles. The second-order valence-corrected chi connectivity index (χ2v) is 6.31. The van der Waals surface area contributed by atoms with Crippen LogP contribution >= 0.6 is 0 Å². The molecule has 1 saturated carbocycles. The summed E-state index contributed by atoms with van der Waals surface area (Å²) in [6.45, 7) is 3.71. The minimum atomic E-state index is -0.822. The van der Waals surface area contributed by atoms with Gasteiger partial charge in [-0.05, 0) is 43.4 Å². The van der Waals surface area contributed by atoms with Crippen molar-refractivity contribution in [2.24, 2.45) is 5.92 Å². The first-order valence-corrected chi connectivity index (χ1v) is 8.20. The molecule has 0 spiro atoms. The molecule has 1 aliphatic rings. The summed E-state index contributed by atoms with van der Waals surface area (Å²) in [7, 11) is 0. The molecule has 23 heavy (non-hydrogen) atoms. The van der Waals surface area contributed by atoms with E-state index < -0.39 is 12.1 Å². The molecule has 0 aromatic heterocycles. The summed E-state index contributed by atoms with van der Waals surface area (Å²) >= 11 is 0. The van der Waals surface area contributed by atoms with Crippen LogP contribution in [0.15, 0.2) is 24.3 Å². The zero-order valence-corrected chi connectivity index (χ0v) is 13.7. The van der Waals surface area contributed by atoms with Crippen molar-refractivity contribution in [3.05, 3.63) is 35.6 Å². The normalized spacial score (nSPS) is 22.2. The largest absolute Gasteiger partial charge is 0.452 e. The van der Waals surface area contributed by atoms with Crippen LogP contribution in [0.25, 0.3) is 0 Å². The summed E-state index contributed by atoms with van der Waals surface area (Å²) < 4.78 is 18.0. The lowest BCUT2D eigenvalue weighted by Crippen LogP contribution is -2.46. The summed E-state index contributed by atoms with van der Waals surface area (Å²) in [6, 6.07) is 5.82. The first-order chi connectivity index (χ1) is 11.0. The molecule has 0 bridgehead atoms. The van der Waals surface area contributed by atoms with E-state index in [1.165, 1.54) is 30.7 Å². The quantitative estimate of drug-likeness (QED) is 0.848. The van der Waals surface area contributed by atoms with Gasteiger partial charge in [0.25, 0.3) is 5.91 Å². The third-order valence-electron chi connectivity index (χ3n) is 4.38. The minimum absolute atomic E-state index is 0.0255. The highest BCUT2D eigenvalue weighted by Gasteiger charge is 2.26. The van der Waals surface area contributed by atoms with Gasteiger partial charge in [-0.3, -0.25) is 9.59 Å². The number of carbonyl (C=O) groups excluding carboxylic acids is 2. The number of ether oxygens (including phenoxy) is 1. The molecule has 1 N–H and O–H groups in total. The van der Waals surface area contributed by atoms with E-state index in [0.717, 1.165) is 19.3 Å². The van der Waals surface area contributed by atoms with Gasteiger partial charge >= 0.3 is 5.97 Å². The molecule has 1 fully saturated rings. The van der Waals surface area contributed by atoms with Crippen LogP contribution < -0.4 is 5.32 Å². The van der Waals surface area contributed by atoms with E-state index in [0.29, 0.717) is 11.5 Å². The van der Waals surface area contributed by atoms with Crippen LogP contribution in [0.5, 0.6) is 0 Å². The number of hydrogen-bond acceptors (Lipinski definition) is 3. The van der Waals surface area contributed by atoms with Crippen LogP contribution in [0.4, 0.5) is 4.39 Å². The molecule has 1 aromatic rings. The van der Waals surface area contributed by atoms with Gasteiger partial charge in [0, 0.05) is 6.04 Å². The van der Waals surface area contributed by atoms with Crippen molar-refractivity contribution in [1.82, 2.24) is 5.32 Å². The van der Waals surface area contributed by atoms with Gasteiger partial charge in [-0.2, -0.15) is 0 Å². The molecule has 126 valence electrons. The second-order valence-electron chi connectivity index (χ2n) is 6.31. The van der Waals surface area contributed by atoms with Gasteiger partial charge < -0.3 is 10.1 Å². The summed E-state index contributed by atoms with van der Waals surface area (Å²) in [4.78, 5) is 24.0. The molecule has 3 atom stereocenters. The van der Waals surface area contributed by atoms with E-state index in [-0.39, 0.29) is 24.2 Å². The van der Waals surface area contributed by atoms with Crippen molar-refractivity contribution in [3.8, 4) is 0 Å². The molecule has 0 radical (unpaired) electrons. The molecular formula is C18H24FNO3. The fraction of sp³-hybridized carbons (Fsp3) is 0.556. The highest BCUT2D eigenvalue weighted by molar-refractivity contribution is 5.84. The maximum atomic E-state index is 12.8. The van der Waals surface area contributed by atoms with Crippen molar-refractivity contribution in [2.75, 3.05) is 0 Å². The van der Waals surface area contributed by atoms with Crippen molar-refractivity contribution < 1.29 is 18.7 Å². The van der Waals surface area contributed by atoms with Crippen LogP contribution in [0.2, 0.25) is 0 Å². The third kappa shape index (κ3) is 5.34. The highest BCUT2D eigenvalue weighted by atomic mass is 19.1. The van der Waals surface area contributed by atoms with E-state index in [1.807, 2.05) is 0 Å². The fourth-order valence-electron chi connectivity index (χ4n) is 2.89. The molecule has 1 aliphatic carbocycles. The number of nitrogens with one attached hydrogen (secondary N) is 1. The summed E-state index contributed by atoms with van der Waals surface area (Å²) in [6.07, 6.45) is 3.62. The molecule has 5 heteroatoms. The van der Waals surface area contributed by atoms with E-state index >= 15 is 0 Å². The van der Waals surface area contributed by atoms with Gasteiger partial charge in [0.05, 0.1) is 6.42 Å². The van der Waals surface area contributed by atoms with Crippen LogP contribution in [0.1, 0.15) is 45.1 Å². The predicted molar refractivity (Wildman–Crippen MR) is 85.2 cm³/mol. The van der Waals surface area contributed by atoms with Gasteiger partial charge in [0.1, 0.15) is 5.82 Å². The summed E-state index contributed by atoms with van der Waals surface area (Å²) in [5.41, 5.74) is 0.657. The van der Waals surface area contributed by atoms with Crippen molar-refractivity contribution >= 4 is 11.9 Å². The van der Waals surface area contributed by atoms with Gasteiger partial charge in [0.15, 0.2) is 6.10 Å². The molecule has 0 unspecified atom stereocenters. The Morgan fingerprint density at radius 1 is 1.26 bits per heavy atom. The first-order valence-electron chi connectivity index (χ1n) is 8.20. The minimum Gasteiger partial charge on any atom is -0.452 e. The molecule has 2 rings (SSSR count). The molecule has 1 amide bonds. The van der Waals surface area contributed by atoms with Crippen LogP contribution in [-0.2, 0) is 20.7 Å². The molecular weight excluding hydrogens is 297 g/mol. The smallest absolute Gasteiger partial charge is 0.311 e. The second kappa shape index (κ2) is 8.09. The Balaban J connectivity index is 1.80. The maximum Gasteiger partial charge on any atom is 0.311 e. The average Bonchev–Trinajstić information content (AvgIpc) is 2.51. The standard InChI is InChI=1S/C18H24FNO3/c1-12-5-3-4-6-16(12)20-18(22)13(2)23-17(21)11-14-7-9-15(19)10-8-14/h7-10,12-13,16H,3-6,11H2,1-2H3,(H,20,22)/t12-,13-,16-/m1/s1. The van der Waals surface area contributed by atoms with Gasteiger partial charge in [-0.1, -0.05) is 31.9 Å². The van der Waals surface area contributed by atoms with Gasteiger partial charge in [-0.25, -0.2) is 4.39 Å². The van der Waals surface area contributed by atoms with Crippen molar-refractivity contribution in [1.29, 1.82) is 0 Å². The van der Waals surface area contributed by atoms with Gasteiger partial charge in [-0.15, -0.1) is 0 Å². The Kier molecular flexibility index (Phi) is 6.13. The summed E-state index contributed by atoms with van der Waals surface area (Å²) in [5, 5.41) is 2.98. The Morgan fingerprint density at radius 3 is 2.57 bits per heavy atom. The topological polar surface area (TPSA) is 55.4 Å². The summed E-state index contributed by atoms with van der Waals surface area (Å²) in [5.74, 6) is -0.640. The number of halogens is 1. The van der Waals surface area contributed by atoms with E-state index in [2.05, 4.69) is 12.2 Å². The Labute approximate surface area is 136 Å². The lowest BCUT2D eigenvalue weighted by atomic mass is 9.86. The molecule has 1 aromatic carbocycles. The number of esters is 1. The third-order valence-corrected chi connectivity index (χ3v) is 4.38. The van der Waals surface area contributed by atoms with Crippen LogP contribution in [-0.4, -0.2) is 24.0 Å². The van der Waals surface area contributed by atoms with E-state index in [1.54, 1.807) is 6.92 Å². The number of amides is 1. The lowest BCUT2D eigenvalue weighted by molar-refractivity contribution is -0.154. The highest BCUT2D eigenvalue weighted by Crippen LogP contribution is 2.23. The fourth-order valence-corrected chi connectivity index (χ4v) is 2.89. The molecule has 0 saturated heterocycles. The lowest BCUT2D eigenvalue weighted by Gasteiger charge is -2.30. The van der Waals surface area contributed by atoms with Crippen molar-refractivity contribution in [3.63, 3.8) is 0 Å². The predicted octanol–water partition coefficient (Wildman–Crippen LogP) is 2.99. The van der Waals surface area contributed by atoms with Crippen LogP contribution in [0, 0.1) is 11.7 Å². The van der Waals surface area contributed by atoms with Crippen molar-refractivity contribution in [2.45, 2.75) is 58.1 Å². The van der Waals surface area contributed by atoms with Gasteiger partial charge in [0.2, 0.25) is 0 Å². The van der Waals surface area contributed by atoms with E-state index in [9.17, 15) is 14.0 Å². The van der Waals surface area contributed by atoms with E-state index in [4.69, 9.17) is 4.74 Å². The maximum absolute atomic E-state index is 12.8. The monoisotopic (exact) mass is 321 g/mol. The number of hydrogen-bond donors (Lipinski definition) is 1. The number of rotatable bonds is 5. The Morgan fingerprint density at radius 2 is 1.91 bits per heavy atom. The Hall–Kier alpha value is -1.91. The number of benzene rings is 1. The molecule has 4 nitrogen and oxygen atoms in total. The average molecular weight is 321 g/mol. The SMILES string of the molecule is C[C@@H]1CCCC[C@H]1NC(=O)[C@@H](C)OC(=O)Cc1ccc(F)cc1.